The van der Waals surface area contributed by atoms with Crippen molar-refractivity contribution in [2.75, 3.05) is 13.7 Å². The van der Waals surface area contributed by atoms with Gasteiger partial charge >= 0.3 is 0 Å². The fraction of sp³-hybridized carbons (Fsp3) is 0.538. The number of nitrogens with one attached hydrogen (secondary N) is 1. The van der Waals surface area contributed by atoms with Crippen LogP contribution >= 0.6 is 0 Å². The molecule has 0 aromatic heterocycles. The van der Waals surface area contributed by atoms with Gasteiger partial charge in [0.15, 0.2) is 0 Å². The molecule has 0 radical (unpaired) electrons. The minimum atomic E-state index is -0.156. The van der Waals surface area contributed by atoms with Crippen molar-refractivity contribution in [1.82, 2.24) is 5.32 Å². The van der Waals surface area contributed by atoms with Crippen LogP contribution in [-0.2, 0) is 4.74 Å². The number of ether oxygens (including phenoxy) is 1. The molecule has 0 bridgehead atoms. The van der Waals surface area contributed by atoms with Gasteiger partial charge in [0, 0.05) is 12.2 Å². The van der Waals surface area contributed by atoms with E-state index in [1.165, 1.54) is 6.07 Å². The predicted octanol–water partition coefficient (Wildman–Crippen LogP) is 2.66. The van der Waals surface area contributed by atoms with Crippen molar-refractivity contribution >= 4 is 0 Å². The van der Waals surface area contributed by atoms with E-state index in [4.69, 9.17) is 4.74 Å². The summed E-state index contributed by atoms with van der Waals surface area (Å²) in [6.45, 7) is 0.789. The van der Waals surface area contributed by atoms with E-state index in [9.17, 15) is 4.39 Å². The Kier molecular flexibility index (Phi) is 3.91. The van der Waals surface area contributed by atoms with Crippen LogP contribution in [0, 0.1) is 5.82 Å². The summed E-state index contributed by atoms with van der Waals surface area (Å²) in [6, 6.07) is 6.87. The lowest BCUT2D eigenvalue weighted by molar-refractivity contribution is -0.00731. The fourth-order valence-corrected chi connectivity index (χ4v) is 2.30. The minimum absolute atomic E-state index is 0.0403. The van der Waals surface area contributed by atoms with Crippen LogP contribution in [0.1, 0.15) is 30.9 Å². The molecule has 1 aliphatic heterocycles. The number of likely N-dealkylation sites (N-methyl/N-ethyl adjacent to an activating group) is 1. The molecule has 88 valence electrons. The molecule has 1 N–H and O–H groups in total. The summed E-state index contributed by atoms with van der Waals surface area (Å²) in [4.78, 5) is 0. The Hall–Kier alpha value is -0.930. The Labute approximate surface area is 95.8 Å². The molecule has 16 heavy (non-hydrogen) atoms. The third kappa shape index (κ3) is 2.42. The van der Waals surface area contributed by atoms with E-state index in [-0.39, 0.29) is 18.0 Å². The molecule has 2 atom stereocenters. The van der Waals surface area contributed by atoms with Gasteiger partial charge in [-0.05, 0) is 32.4 Å². The molecule has 1 fully saturated rings. The molecule has 1 aromatic rings. The van der Waals surface area contributed by atoms with Crippen LogP contribution in [0.2, 0.25) is 0 Å². The van der Waals surface area contributed by atoms with Crippen molar-refractivity contribution in [2.45, 2.75) is 31.4 Å². The van der Waals surface area contributed by atoms with Crippen LogP contribution in [0.5, 0.6) is 0 Å². The Morgan fingerprint density at radius 3 is 2.81 bits per heavy atom. The van der Waals surface area contributed by atoms with Crippen LogP contribution in [0.25, 0.3) is 0 Å². The zero-order chi connectivity index (χ0) is 11.4. The minimum Gasteiger partial charge on any atom is -0.376 e. The summed E-state index contributed by atoms with van der Waals surface area (Å²) < 4.78 is 19.4. The smallest absolute Gasteiger partial charge is 0.128 e. The maximum Gasteiger partial charge on any atom is 0.128 e. The van der Waals surface area contributed by atoms with Gasteiger partial charge in [0.25, 0.3) is 0 Å². The fourth-order valence-electron chi connectivity index (χ4n) is 2.30. The molecule has 2 rings (SSSR count). The van der Waals surface area contributed by atoms with Gasteiger partial charge in [-0.3, -0.25) is 0 Å². The molecular weight excluding hydrogens is 205 g/mol. The SMILES string of the molecule is CNC(c1ccccc1F)C1CCCCO1. The number of hydrogen-bond donors (Lipinski definition) is 1. The predicted molar refractivity (Wildman–Crippen MR) is 61.8 cm³/mol. The standard InChI is InChI=1S/C13H18FNO/c1-15-13(12-8-4-5-9-16-12)10-6-2-3-7-11(10)14/h2-3,6-7,12-13,15H,4-5,8-9H2,1H3. The lowest BCUT2D eigenvalue weighted by Crippen LogP contribution is -2.34. The van der Waals surface area contributed by atoms with Crippen LogP contribution < -0.4 is 5.32 Å². The van der Waals surface area contributed by atoms with Gasteiger partial charge in [0.1, 0.15) is 5.82 Å². The molecule has 3 heteroatoms. The van der Waals surface area contributed by atoms with Gasteiger partial charge in [-0.2, -0.15) is 0 Å². The molecule has 2 nitrogen and oxygen atoms in total. The van der Waals surface area contributed by atoms with Gasteiger partial charge in [-0.25, -0.2) is 4.39 Å². The summed E-state index contributed by atoms with van der Waals surface area (Å²) in [6.07, 6.45) is 3.37. The molecule has 1 aromatic carbocycles. The summed E-state index contributed by atoms with van der Waals surface area (Å²) >= 11 is 0. The monoisotopic (exact) mass is 223 g/mol. The first-order valence-corrected chi connectivity index (χ1v) is 5.86. The van der Waals surface area contributed by atoms with Crippen molar-refractivity contribution in [3.8, 4) is 0 Å². The number of benzene rings is 1. The second-order valence-electron chi connectivity index (χ2n) is 4.19. The summed E-state index contributed by atoms with van der Waals surface area (Å²) in [5.74, 6) is -0.156. The van der Waals surface area contributed by atoms with Gasteiger partial charge < -0.3 is 10.1 Å². The van der Waals surface area contributed by atoms with Crippen molar-refractivity contribution < 1.29 is 9.13 Å². The van der Waals surface area contributed by atoms with Gasteiger partial charge in [0.05, 0.1) is 12.1 Å². The zero-order valence-electron chi connectivity index (χ0n) is 9.58. The highest BCUT2D eigenvalue weighted by Crippen LogP contribution is 2.27. The van der Waals surface area contributed by atoms with Crippen LogP contribution in [0.15, 0.2) is 24.3 Å². The first-order valence-electron chi connectivity index (χ1n) is 5.86. The Morgan fingerprint density at radius 1 is 1.38 bits per heavy atom. The largest absolute Gasteiger partial charge is 0.376 e. The number of rotatable bonds is 3. The number of halogens is 1. The average Bonchev–Trinajstić information content (AvgIpc) is 2.34. The van der Waals surface area contributed by atoms with E-state index in [1.807, 2.05) is 19.2 Å². The third-order valence-corrected chi connectivity index (χ3v) is 3.14. The highest BCUT2D eigenvalue weighted by Gasteiger charge is 2.26. The van der Waals surface area contributed by atoms with Crippen molar-refractivity contribution in [2.24, 2.45) is 0 Å². The molecule has 1 aliphatic rings. The quantitative estimate of drug-likeness (QED) is 0.850. The normalized spacial score (nSPS) is 23.0. The van der Waals surface area contributed by atoms with Gasteiger partial charge in [-0.1, -0.05) is 18.2 Å². The second kappa shape index (κ2) is 5.41. The summed E-state index contributed by atoms with van der Waals surface area (Å²) in [5.41, 5.74) is 0.705. The topological polar surface area (TPSA) is 21.3 Å². The Balaban J connectivity index is 2.18. The number of hydrogen-bond acceptors (Lipinski definition) is 2. The Bertz CT molecular complexity index is 336. The lowest BCUT2D eigenvalue weighted by atomic mass is 9.95. The maximum atomic E-state index is 13.7. The maximum absolute atomic E-state index is 13.7. The highest BCUT2D eigenvalue weighted by atomic mass is 19.1. The molecule has 0 amide bonds. The van der Waals surface area contributed by atoms with Gasteiger partial charge in [0.2, 0.25) is 0 Å². The molecule has 0 saturated carbocycles. The third-order valence-electron chi connectivity index (χ3n) is 3.14. The van der Waals surface area contributed by atoms with E-state index in [0.29, 0.717) is 5.56 Å². The molecule has 1 saturated heterocycles. The molecule has 0 aliphatic carbocycles. The molecular formula is C13H18FNO. The first kappa shape index (κ1) is 11.6. The zero-order valence-corrected chi connectivity index (χ0v) is 9.58. The van der Waals surface area contributed by atoms with Gasteiger partial charge in [-0.15, -0.1) is 0 Å². The van der Waals surface area contributed by atoms with E-state index < -0.39 is 0 Å². The van der Waals surface area contributed by atoms with E-state index >= 15 is 0 Å². The molecule has 1 heterocycles. The van der Waals surface area contributed by atoms with E-state index in [1.54, 1.807) is 6.07 Å². The van der Waals surface area contributed by atoms with Crippen LogP contribution in [0.3, 0.4) is 0 Å². The van der Waals surface area contributed by atoms with E-state index in [2.05, 4.69) is 5.32 Å². The van der Waals surface area contributed by atoms with E-state index in [0.717, 1.165) is 25.9 Å². The highest BCUT2D eigenvalue weighted by molar-refractivity contribution is 5.22. The van der Waals surface area contributed by atoms with Crippen LogP contribution in [-0.4, -0.2) is 19.8 Å². The van der Waals surface area contributed by atoms with Crippen molar-refractivity contribution in [1.29, 1.82) is 0 Å². The average molecular weight is 223 g/mol. The Morgan fingerprint density at radius 2 is 2.19 bits per heavy atom. The molecule has 0 spiro atoms. The van der Waals surface area contributed by atoms with Crippen LogP contribution in [0.4, 0.5) is 4.39 Å². The molecule has 2 unspecified atom stereocenters. The first-order chi connectivity index (χ1) is 7.83. The lowest BCUT2D eigenvalue weighted by Gasteiger charge is -2.30. The second-order valence-corrected chi connectivity index (χ2v) is 4.19. The summed E-state index contributed by atoms with van der Waals surface area (Å²) in [7, 11) is 1.86. The van der Waals surface area contributed by atoms with Crippen molar-refractivity contribution in [3.05, 3.63) is 35.6 Å². The van der Waals surface area contributed by atoms with Crippen molar-refractivity contribution in [3.63, 3.8) is 0 Å². The summed E-state index contributed by atoms with van der Waals surface area (Å²) in [5, 5.41) is 3.16.